The summed E-state index contributed by atoms with van der Waals surface area (Å²) in [6, 6.07) is 18.9. The van der Waals surface area contributed by atoms with Crippen LogP contribution in [0.1, 0.15) is 49.9 Å². The molecule has 0 saturated carbocycles. The maximum absolute atomic E-state index is 14.0. The second kappa shape index (κ2) is 18.6. The van der Waals surface area contributed by atoms with Crippen molar-refractivity contribution in [2.75, 3.05) is 32.6 Å². The Bertz CT molecular complexity index is 2590. The molecule has 4 N–H and O–H groups in total. The molecule has 0 aliphatic rings. The summed E-state index contributed by atoms with van der Waals surface area (Å²) in [7, 11) is -9.06. The van der Waals surface area contributed by atoms with Gasteiger partial charge in [0.2, 0.25) is 0 Å². The minimum Gasteiger partial charge on any atom is -0.488 e. The van der Waals surface area contributed by atoms with E-state index in [1.165, 1.54) is 31.2 Å². The van der Waals surface area contributed by atoms with E-state index >= 15 is 0 Å². The highest BCUT2D eigenvalue weighted by molar-refractivity contribution is 7.92. The lowest BCUT2D eigenvalue weighted by Gasteiger charge is -2.14. The highest BCUT2D eigenvalue weighted by atomic mass is 32.2. The second-order valence-corrected chi connectivity index (χ2v) is 17.6. The van der Waals surface area contributed by atoms with E-state index in [0.717, 1.165) is 40.7 Å². The van der Waals surface area contributed by atoms with Gasteiger partial charge in [-0.25, -0.2) is 17.4 Å². The number of carbonyl (C=O) groups excluding carboxylic acids is 3. The quantitative estimate of drug-likeness (QED) is 0.0373. The van der Waals surface area contributed by atoms with Crippen molar-refractivity contribution in [1.82, 2.24) is 15.4 Å². The van der Waals surface area contributed by atoms with Crippen LogP contribution in [0.3, 0.4) is 0 Å². The van der Waals surface area contributed by atoms with Crippen LogP contribution in [0.15, 0.2) is 77.0 Å². The second-order valence-electron chi connectivity index (χ2n) is 12.8. The lowest BCUT2D eigenvalue weighted by Crippen LogP contribution is -2.28. The molecular weight excluding hydrogens is 815 g/mol. The van der Waals surface area contributed by atoms with Crippen molar-refractivity contribution in [1.29, 1.82) is 5.26 Å². The summed E-state index contributed by atoms with van der Waals surface area (Å²) in [5, 5.41) is 14.9. The number of nitrogens with zero attached hydrogens (tertiary/aromatic N) is 1. The Balaban J connectivity index is 1.28. The number of sulfonamides is 1. The summed E-state index contributed by atoms with van der Waals surface area (Å²) in [6.07, 6.45) is -1.05. The molecule has 0 aliphatic carbocycles. The maximum Gasteiger partial charge on any atom is 0.391 e. The number of nitriles is 1. The number of esters is 1. The van der Waals surface area contributed by atoms with E-state index in [0.29, 0.717) is 32.5 Å². The van der Waals surface area contributed by atoms with Crippen LogP contribution < -0.4 is 34.1 Å². The van der Waals surface area contributed by atoms with E-state index in [1.54, 1.807) is 37.3 Å². The Morgan fingerprint density at radius 1 is 0.828 bits per heavy atom. The summed E-state index contributed by atoms with van der Waals surface area (Å²) in [5.41, 5.74) is 3.11. The monoisotopic (exact) mass is 852 g/mol. The van der Waals surface area contributed by atoms with Crippen LogP contribution in [0.4, 0.5) is 4.39 Å². The van der Waals surface area contributed by atoms with Gasteiger partial charge in [-0.2, -0.15) is 9.98 Å². The molecule has 1 aromatic heterocycles. The normalized spacial score (nSPS) is 12.2. The average molecular weight is 853 g/mol. The van der Waals surface area contributed by atoms with Crippen molar-refractivity contribution in [2.45, 2.75) is 31.9 Å². The van der Waals surface area contributed by atoms with Crippen LogP contribution in [0.25, 0.3) is 10.1 Å². The molecule has 4 aromatic carbocycles. The molecule has 304 valence electrons. The van der Waals surface area contributed by atoms with E-state index in [9.17, 15) is 36.7 Å². The van der Waals surface area contributed by atoms with Gasteiger partial charge in [-0.15, -0.1) is 11.3 Å². The summed E-state index contributed by atoms with van der Waals surface area (Å²) in [5.74, 6) is -1.82. The molecule has 5 aromatic rings. The van der Waals surface area contributed by atoms with Gasteiger partial charge in [-0.05, 0) is 97.4 Å². The molecule has 0 fully saturated rings. The van der Waals surface area contributed by atoms with Crippen LogP contribution in [0.5, 0.6) is 23.0 Å². The zero-order chi connectivity index (χ0) is 42.2. The van der Waals surface area contributed by atoms with Crippen molar-refractivity contribution in [3.63, 3.8) is 0 Å². The number of halogens is 1. The number of hydrogen-bond donors (Lipinski definition) is 4. The summed E-state index contributed by atoms with van der Waals surface area (Å²) in [6.45, 7) is 6.96. The molecule has 15 nitrogen and oxygen atoms in total. The summed E-state index contributed by atoms with van der Waals surface area (Å²) < 4.78 is 77.5. The van der Waals surface area contributed by atoms with E-state index < -0.39 is 41.6 Å². The lowest BCUT2D eigenvalue weighted by molar-refractivity contribution is -0.131. The Morgan fingerprint density at radius 3 is 2.03 bits per heavy atom. The maximum atomic E-state index is 14.0. The van der Waals surface area contributed by atoms with Crippen LogP contribution in [-0.4, -0.2) is 63.7 Å². The first-order valence-corrected chi connectivity index (χ1v) is 21.5. The smallest absolute Gasteiger partial charge is 0.391 e. The SMILES string of the molecule is CC(=O)Oc1ccc(C(=O)NCCOc2cc3sc(S(=O)(=O)NCP(=O)(O)Oc4ccc(C#N)c(F)c4)cc3cc2OCCNC(=O)c2ccc(C)c(C)c2)cc1C. The van der Waals surface area contributed by atoms with Crippen molar-refractivity contribution in [3.8, 4) is 29.1 Å². The third kappa shape index (κ3) is 11.4. The average Bonchev–Trinajstić information content (AvgIpc) is 3.60. The molecule has 2 amide bonds. The number of fused-ring (bicyclic) bond motifs is 1. The van der Waals surface area contributed by atoms with Gasteiger partial charge in [0, 0.05) is 34.9 Å². The number of ether oxygens (including phenoxy) is 3. The Hall–Kier alpha value is -5.83. The fraction of sp³-hybridized carbons (Fsp3) is 0.231. The van der Waals surface area contributed by atoms with Gasteiger partial charge in [0.15, 0.2) is 11.5 Å². The Kier molecular flexibility index (Phi) is 13.9. The molecule has 0 bridgehead atoms. The van der Waals surface area contributed by atoms with Gasteiger partial charge < -0.3 is 34.3 Å². The van der Waals surface area contributed by atoms with Gasteiger partial charge in [0.25, 0.3) is 21.8 Å². The molecule has 58 heavy (non-hydrogen) atoms. The Morgan fingerprint density at radius 2 is 1.45 bits per heavy atom. The molecule has 1 atom stereocenters. The predicted octanol–water partition coefficient (Wildman–Crippen LogP) is 5.88. The van der Waals surface area contributed by atoms with Gasteiger partial charge in [-0.1, -0.05) is 6.07 Å². The summed E-state index contributed by atoms with van der Waals surface area (Å²) in [4.78, 5) is 47.2. The van der Waals surface area contributed by atoms with Crippen LogP contribution >= 0.6 is 18.9 Å². The molecule has 0 saturated heterocycles. The van der Waals surface area contributed by atoms with Gasteiger partial charge >= 0.3 is 13.6 Å². The topological polar surface area (TPSA) is 219 Å². The number of rotatable bonds is 17. The first-order chi connectivity index (χ1) is 27.4. The number of hydrogen-bond acceptors (Lipinski definition) is 12. The fourth-order valence-electron chi connectivity index (χ4n) is 5.26. The minimum absolute atomic E-state index is 0.00362. The van der Waals surface area contributed by atoms with E-state index in [-0.39, 0.29) is 59.2 Å². The standard InChI is InChI=1S/C39H38FN4O11PS2/c1-23-5-6-27(15-24(23)2)38(46)42-11-13-52-34-17-30-18-37(58(50,51)44-22-56(48,49)55-31-9-7-29(21-41)32(40)19-31)57-36(30)20-35(34)53-14-12-43-39(47)28-8-10-33(25(3)16-28)54-26(4)45/h5-10,15-20,44H,11-14,22H2,1-4H3,(H,42,46)(H,43,47)(H,48,49). The van der Waals surface area contributed by atoms with Gasteiger partial charge in [0.1, 0.15) is 47.1 Å². The van der Waals surface area contributed by atoms with Crippen LogP contribution in [-0.2, 0) is 19.4 Å². The van der Waals surface area contributed by atoms with Crippen molar-refractivity contribution >= 4 is 56.8 Å². The fourth-order valence-corrected chi connectivity index (χ4v) is 9.21. The first-order valence-electron chi connectivity index (χ1n) is 17.4. The molecule has 0 spiro atoms. The third-order valence-corrected chi connectivity index (χ3v) is 12.6. The Labute approximate surface area is 337 Å². The number of carbonyl (C=O) groups is 3. The van der Waals surface area contributed by atoms with Crippen molar-refractivity contribution in [2.24, 2.45) is 0 Å². The lowest BCUT2D eigenvalue weighted by atomic mass is 10.1. The van der Waals surface area contributed by atoms with Crippen LogP contribution in [0.2, 0.25) is 0 Å². The van der Waals surface area contributed by atoms with Crippen molar-refractivity contribution < 1.29 is 55.4 Å². The number of benzene rings is 4. The number of amides is 2. The minimum atomic E-state index is -4.68. The zero-order valence-corrected chi connectivity index (χ0v) is 34.1. The number of thiophene rings is 1. The molecule has 0 aliphatic heterocycles. The zero-order valence-electron chi connectivity index (χ0n) is 31.6. The largest absolute Gasteiger partial charge is 0.488 e. The van der Waals surface area contributed by atoms with E-state index in [2.05, 4.69) is 10.6 Å². The molecule has 5 rings (SSSR count). The molecule has 1 heterocycles. The van der Waals surface area contributed by atoms with Crippen LogP contribution in [0, 0.1) is 37.9 Å². The molecule has 19 heteroatoms. The molecule has 1 unspecified atom stereocenters. The summed E-state index contributed by atoms with van der Waals surface area (Å²) >= 11 is 0.831. The molecule has 0 radical (unpaired) electrons. The van der Waals surface area contributed by atoms with Crippen molar-refractivity contribution in [3.05, 3.63) is 112 Å². The van der Waals surface area contributed by atoms with E-state index in [4.69, 9.17) is 24.0 Å². The predicted molar refractivity (Wildman–Crippen MR) is 213 cm³/mol. The van der Waals surface area contributed by atoms with E-state index in [1.807, 2.05) is 24.6 Å². The highest BCUT2D eigenvalue weighted by Gasteiger charge is 2.27. The first kappa shape index (κ1) is 43.3. The van der Waals surface area contributed by atoms with Gasteiger partial charge in [0.05, 0.1) is 18.7 Å². The number of aryl methyl sites for hydroxylation is 3. The molecular formula is C39H38FN4O11PS2. The third-order valence-electron chi connectivity index (χ3n) is 8.34. The number of nitrogens with one attached hydrogen (secondary N) is 3. The van der Waals surface area contributed by atoms with Gasteiger partial charge in [-0.3, -0.25) is 14.4 Å². The highest BCUT2D eigenvalue weighted by Crippen LogP contribution is 2.43.